The van der Waals surface area contributed by atoms with Crippen LogP contribution >= 0.6 is 0 Å². The molecule has 1 N–H and O–H groups in total. The topological polar surface area (TPSA) is 86.4 Å². The number of hydrogen-bond acceptors (Lipinski definition) is 4. The van der Waals surface area contributed by atoms with E-state index in [1.54, 1.807) is 23.1 Å². The van der Waals surface area contributed by atoms with Gasteiger partial charge in [0.1, 0.15) is 0 Å². The lowest BCUT2D eigenvalue weighted by Crippen LogP contribution is -2.50. The summed E-state index contributed by atoms with van der Waals surface area (Å²) in [4.78, 5) is 20.6. The molecule has 118 valence electrons. The Hall–Kier alpha value is -1.93. The van der Waals surface area contributed by atoms with Gasteiger partial charge >= 0.3 is 0 Å². The average molecular weight is 322 g/mol. The highest BCUT2D eigenvalue weighted by molar-refractivity contribution is 7.89. The number of aromatic nitrogens is 2. The minimum atomic E-state index is -3.54. The van der Waals surface area contributed by atoms with Crippen LogP contribution < -0.4 is 0 Å². The van der Waals surface area contributed by atoms with Crippen LogP contribution in [0.1, 0.15) is 13.3 Å². The predicted molar refractivity (Wildman–Crippen MR) is 81.7 cm³/mol. The maximum absolute atomic E-state index is 12.7. The number of nitrogens with zero attached hydrogens (tertiary/aromatic N) is 3. The van der Waals surface area contributed by atoms with Crippen LogP contribution in [0.25, 0.3) is 11.0 Å². The van der Waals surface area contributed by atoms with Crippen molar-refractivity contribution in [2.75, 3.05) is 26.2 Å². The maximum Gasteiger partial charge on any atom is 0.243 e. The van der Waals surface area contributed by atoms with Crippen LogP contribution in [0.15, 0.2) is 29.4 Å². The molecule has 1 aromatic heterocycles. The summed E-state index contributed by atoms with van der Waals surface area (Å²) in [5, 5.41) is 0. The van der Waals surface area contributed by atoms with Crippen molar-refractivity contribution in [2.45, 2.75) is 18.2 Å². The molecular weight excluding hydrogens is 304 g/mol. The average Bonchev–Trinajstić information content (AvgIpc) is 3.01. The summed E-state index contributed by atoms with van der Waals surface area (Å²) in [5.74, 6) is 0.0657. The van der Waals surface area contributed by atoms with E-state index in [0.29, 0.717) is 38.1 Å². The van der Waals surface area contributed by atoms with Crippen LogP contribution in [-0.2, 0) is 14.8 Å². The van der Waals surface area contributed by atoms with Crippen molar-refractivity contribution < 1.29 is 13.2 Å². The highest BCUT2D eigenvalue weighted by atomic mass is 32.2. The Balaban J connectivity index is 1.80. The van der Waals surface area contributed by atoms with Gasteiger partial charge in [-0.2, -0.15) is 4.31 Å². The summed E-state index contributed by atoms with van der Waals surface area (Å²) in [7, 11) is -3.54. The van der Waals surface area contributed by atoms with Crippen molar-refractivity contribution in [3.8, 4) is 0 Å². The van der Waals surface area contributed by atoms with Gasteiger partial charge in [0.15, 0.2) is 0 Å². The largest absolute Gasteiger partial charge is 0.345 e. The summed E-state index contributed by atoms with van der Waals surface area (Å²) in [6.45, 7) is 3.35. The summed E-state index contributed by atoms with van der Waals surface area (Å²) < 4.78 is 26.8. The molecule has 0 unspecified atom stereocenters. The van der Waals surface area contributed by atoms with Gasteiger partial charge in [0.2, 0.25) is 15.9 Å². The molecule has 1 saturated heterocycles. The number of piperazine rings is 1. The second kappa shape index (κ2) is 5.69. The van der Waals surface area contributed by atoms with Gasteiger partial charge in [-0.3, -0.25) is 4.79 Å². The van der Waals surface area contributed by atoms with E-state index in [9.17, 15) is 13.2 Å². The fourth-order valence-corrected chi connectivity index (χ4v) is 4.07. The molecule has 1 amide bonds. The lowest BCUT2D eigenvalue weighted by Gasteiger charge is -2.33. The Morgan fingerprint density at radius 1 is 1.27 bits per heavy atom. The zero-order chi connectivity index (χ0) is 15.7. The van der Waals surface area contributed by atoms with Crippen molar-refractivity contribution in [2.24, 2.45) is 0 Å². The van der Waals surface area contributed by atoms with Gasteiger partial charge < -0.3 is 9.88 Å². The summed E-state index contributed by atoms with van der Waals surface area (Å²) in [6, 6.07) is 4.86. The first kappa shape index (κ1) is 15.0. The van der Waals surface area contributed by atoms with E-state index in [-0.39, 0.29) is 10.8 Å². The number of rotatable bonds is 3. The van der Waals surface area contributed by atoms with Crippen LogP contribution in [-0.4, -0.2) is 59.7 Å². The first-order chi connectivity index (χ1) is 10.5. The molecule has 7 nitrogen and oxygen atoms in total. The molecule has 1 aliphatic rings. The molecule has 1 aliphatic heterocycles. The number of benzene rings is 1. The maximum atomic E-state index is 12.7. The first-order valence-corrected chi connectivity index (χ1v) is 8.67. The Kier molecular flexibility index (Phi) is 3.88. The smallest absolute Gasteiger partial charge is 0.243 e. The third kappa shape index (κ3) is 2.59. The Morgan fingerprint density at radius 2 is 2.00 bits per heavy atom. The molecule has 0 aliphatic carbocycles. The first-order valence-electron chi connectivity index (χ1n) is 7.23. The Labute approximate surface area is 129 Å². The number of amides is 1. The van der Waals surface area contributed by atoms with Gasteiger partial charge in [-0.1, -0.05) is 6.92 Å². The van der Waals surface area contributed by atoms with Gasteiger partial charge in [-0.15, -0.1) is 0 Å². The second-order valence-electron chi connectivity index (χ2n) is 5.22. The molecule has 2 aromatic rings. The Bertz CT molecular complexity index is 791. The number of fused-ring (bicyclic) bond motifs is 1. The minimum Gasteiger partial charge on any atom is -0.345 e. The van der Waals surface area contributed by atoms with Gasteiger partial charge in [0.25, 0.3) is 0 Å². The quantitative estimate of drug-likeness (QED) is 0.906. The molecule has 3 rings (SSSR count). The molecule has 0 saturated carbocycles. The van der Waals surface area contributed by atoms with E-state index in [2.05, 4.69) is 9.97 Å². The van der Waals surface area contributed by atoms with E-state index >= 15 is 0 Å². The zero-order valence-electron chi connectivity index (χ0n) is 12.3. The summed E-state index contributed by atoms with van der Waals surface area (Å²) in [5.41, 5.74) is 1.43. The van der Waals surface area contributed by atoms with Crippen LogP contribution in [0, 0.1) is 0 Å². The number of nitrogens with one attached hydrogen (secondary N) is 1. The van der Waals surface area contributed by atoms with E-state index in [1.807, 2.05) is 6.92 Å². The molecule has 0 radical (unpaired) electrons. The van der Waals surface area contributed by atoms with E-state index < -0.39 is 10.0 Å². The summed E-state index contributed by atoms with van der Waals surface area (Å²) >= 11 is 0. The number of carbonyl (C=O) groups is 1. The van der Waals surface area contributed by atoms with Crippen molar-refractivity contribution in [3.63, 3.8) is 0 Å². The van der Waals surface area contributed by atoms with Gasteiger partial charge in [-0.25, -0.2) is 13.4 Å². The highest BCUT2D eigenvalue weighted by Crippen LogP contribution is 2.21. The number of carbonyl (C=O) groups excluding carboxylic acids is 1. The van der Waals surface area contributed by atoms with Crippen LogP contribution in [0.5, 0.6) is 0 Å². The molecule has 1 aromatic carbocycles. The SMILES string of the molecule is CCC(=O)N1CCN(S(=O)(=O)c2ccc3nc[nH]c3c2)CC1. The van der Waals surface area contributed by atoms with E-state index in [0.717, 1.165) is 5.52 Å². The third-order valence-corrected chi connectivity index (χ3v) is 5.82. The fourth-order valence-electron chi connectivity index (χ4n) is 2.63. The lowest BCUT2D eigenvalue weighted by atomic mass is 10.3. The van der Waals surface area contributed by atoms with Gasteiger partial charge in [0.05, 0.1) is 22.3 Å². The highest BCUT2D eigenvalue weighted by Gasteiger charge is 2.29. The molecule has 2 heterocycles. The van der Waals surface area contributed by atoms with Crippen molar-refractivity contribution in [1.82, 2.24) is 19.2 Å². The number of hydrogen-bond donors (Lipinski definition) is 1. The predicted octanol–water partition coefficient (Wildman–Crippen LogP) is 0.806. The Morgan fingerprint density at radius 3 is 2.68 bits per heavy atom. The van der Waals surface area contributed by atoms with Gasteiger partial charge in [-0.05, 0) is 18.2 Å². The zero-order valence-corrected chi connectivity index (χ0v) is 13.1. The van der Waals surface area contributed by atoms with Crippen LogP contribution in [0.4, 0.5) is 0 Å². The number of imidazole rings is 1. The molecule has 0 spiro atoms. The van der Waals surface area contributed by atoms with Crippen molar-refractivity contribution in [1.29, 1.82) is 0 Å². The molecule has 0 bridgehead atoms. The van der Waals surface area contributed by atoms with E-state index in [4.69, 9.17) is 0 Å². The monoisotopic (exact) mass is 322 g/mol. The molecule has 22 heavy (non-hydrogen) atoms. The number of aromatic amines is 1. The molecule has 0 atom stereocenters. The molecular formula is C14H18N4O3S. The van der Waals surface area contributed by atoms with Crippen molar-refractivity contribution in [3.05, 3.63) is 24.5 Å². The van der Waals surface area contributed by atoms with Gasteiger partial charge in [0, 0.05) is 32.6 Å². The lowest BCUT2D eigenvalue weighted by molar-refractivity contribution is -0.132. The van der Waals surface area contributed by atoms with Crippen LogP contribution in [0.2, 0.25) is 0 Å². The molecule has 8 heteroatoms. The number of H-pyrrole nitrogens is 1. The third-order valence-electron chi connectivity index (χ3n) is 3.92. The standard InChI is InChI=1S/C14H18N4O3S/c1-2-14(19)17-5-7-18(8-6-17)22(20,21)11-3-4-12-13(9-11)16-10-15-12/h3-4,9-10H,2,5-8H2,1H3,(H,15,16). The summed E-state index contributed by atoms with van der Waals surface area (Å²) in [6.07, 6.45) is 1.99. The fraction of sp³-hybridized carbons (Fsp3) is 0.429. The van der Waals surface area contributed by atoms with Crippen LogP contribution in [0.3, 0.4) is 0 Å². The second-order valence-corrected chi connectivity index (χ2v) is 7.16. The van der Waals surface area contributed by atoms with E-state index in [1.165, 1.54) is 10.6 Å². The van der Waals surface area contributed by atoms with Crippen molar-refractivity contribution >= 4 is 27.0 Å². The minimum absolute atomic E-state index is 0.0657. The normalized spacial score (nSPS) is 17.0. The molecule has 1 fully saturated rings. The number of sulfonamides is 1.